The summed E-state index contributed by atoms with van der Waals surface area (Å²) in [6, 6.07) is 4.24. The molecule has 0 spiro atoms. The maximum absolute atomic E-state index is 12.8. The third-order valence-electron chi connectivity index (χ3n) is 4.95. The fraction of sp³-hybridized carbons (Fsp3) is 0.533. The molecule has 0 aromatic heterocycles. The van der Waals surface area contributed by atoms with Crippen molar-refractivity contribution >= 4 is 15.9 Å². The van der Waals surface area contributed by atoms with Crippen molar-refractivity contribution in [2.24, 2.45) is 23.3 Å². The van der Waals surface area contributed by atoms with Gasteiger partial charge in [-0.3, -0.25) is 4.79 Å². The Morgan fingerprint density at radius 3 is 2.65 bits per heavy atom. The molecule has 1 aliphatic carbocycles. The number of nitrogens with two attached hydrogens (primary N) is 2. The summed E-state index contributed by atoms with van der Waals surface area (Å²) < 4.78 is 32.2. The van der Waals surface area contributed by atoms with Crippen molar-refractivity contribution in [2.75, 3.05) is 20.2 Å². The van der Waals surface area contributed by atoms with Gasteiger partial charge >= 0.3 is 0 Å². The third-order valence-corrected chi connectivity index (χ3v) is 6.78. The number of ether oxygens (including phenoxy) is 1. The number of methoxy groups -OCH3 is 1. The molecule has 1 aromatic carbocycles. The van der Waals surface area contributed by atoms with Gasteiger partial charge in [0.05, 0.1) is 17.6 Å². The van der Waals surface area contributed by atoms with Gasteiger partial charge in [-0.25, -0.2) is 8.42 Å². The summed E-state index contributed by atoms with van der Waals surface area (Å²) in [7, 11) is -2.27. The number of rotatable bonds is 4. The zero-order valence-corrected chi connectivity index (χ0v) is 13.8. The smallest absolute Gasteiger partial charge is 0.252 e. The standard InChI is InChI=1S/C15H21N3O4S/c1-22-14-5-3-10(6-11(14)15(17)19)23(20,21)18-7-9-2-4-13(16)12(9)8-18/h3,5-6,9,12-13H,2,4,7-8,16H2,1H3,(H2,17,19). The van der Waals surface area contributed by atoms with Crippen LogP contribution in [-0.2, 0) is 10.0 Å². The minimum atomic E-state index is -3.67. The molecule has 1 amide bonds. The molecule has 3 unspecified atom stereocenters. The number of amides is 1. The van der Waals surface area contributed by atoms with E-state index in [0.717, 1.165) is 12.8 Å². The second-order valence-corrected chi connectivity index (χ2v) is 8.15. The predicted octanol–water partition coefficient (Wildman–Crippen LogP) is 0.152. The van der Waals surface area contributed by atoms with Crippen LogP contribution in [0.15, 0.2) is 23.1 Å². The van der Waals surface area contributed by atoms with Gasteiger partial charge in [0, 0.05) is 19.1 Å². The van der Waals surface area contributed by atoms with Crippen molar-refractivity contribution in [1.29, 1.82) is 0 Å². The van der Waals surface area contributed by atoms with Crippen molar-refractivity contribution < 1.29 is 17.9 Å². The van der Waals surface area contributed by atoms with E-state index in [2.05, 4.69) is 0 Å². The number of benzene rings is 1. The first-order chi connectivity index (χ1) is 10.8. The SMILES string of the molecule is COc1ccc(S(=O)(=O)N2CC3CCC(N)C3C2)cc1C(N)=O. The maximum Gasteiger partial charge on any atom is 0.252 e. The number of carbonyl (C=O) groups is 1. The largest absolute Gasteiger partial charge is 0.496 e. The lowest BCUT2D eigenvalue weighted by Gasteiger charge is -2.19. The quantitative estimate of drug-likeness (QED) is 0.810. The number of hydrogen-bond acceptors (Lipinski definition) is 5. The molecule has 8 heteroatoms. The Labute approximate surface area is 135 Å². The molecule has 3 atom stereocenters. The highest BCUT2D eigenvalue weighted by atomic mass is 32.2. The van der Waals surface area contributed by atoms with E-state index in [1.54, 1.807) is 0 Å². The first-order valence-corrected chi connectivity index (χ1v) is 9.02. The van der Waals surface area contributed by atoms with Crippen LogP contribution in [-0.4, -0.2) is 44.9 Å². The summed E-state index contributed by atoms with van der Waals surface area (Å²) in [4.78, 5) is 11.6. The van der Waals surface area contributed by atoms with Crippen molar-refractivity contribution in [2.45, 2.75) is 23.8 Å². The molecule has 126 valence electrons. The maximum atomic E-state index is 12.8. The highest BCUT2D eigenvalue weighted by Gasteiger charge is 2.45. The topological polar surface area (TPSA) is 116 Å². The van der Waals surface area contributed by atoms with Crippen LogP contribution in [0, 0.1) is 11.8 Å². The summed E-state index contributed by atoms with van der Waals surface area (Å²) in [5.74, 6) is 0.0863. The number of fused-ring (bicyclic) bond motifs is 1. The lowest BCUT2D eigenvalue weighted by Crippen LogP contribution is -2.33. The minimum absolute atomic E-state index is 0.0562. The summed E-state index contributed by atoms with van der Waals surface area (Å²) in [6.07, 6.45) is 1.92. The molecule has 1 saturated carbocycles. The lowest BCUT2D eigenvalue weighted by atomic mass is 9.98. The Kier molecular flexibility index (Phi) is 4.07. The van der Waals surface area contributed by atoms with Crippen LogP contribution in [0.25, 0.3) is 0 Å². The van der Waals surface area contributed by atoms with Crippen LogP contribution in [0.4, 0.5) is 0 Å². The van der Waals surface area contributed by atoms with E-state index < -0.39 is 15.9 Å². The monoisotopic (exact) mass is 339 g/mol. The van der Waals surface area contributed by atoms with Gasteiger partial charge in [-0.05, 0) is 42.9 Å². The van der Waals surface area contributed by atoms with E-state index in [4.69, 9.17) is 16.2 Å². The average molecular weight is 339 g/mol. The zero-order valence-electron chi connectivity index (χ0n) is 12.9. The molecular weight excluding hydrogens is 318 g/mol. The molecule has 3 rings (SSSR count). The van der Waals surface area contributed by atoms with E-state index in [1.807, 2.05) is 0 Å². The summed E-state index contributed by atoms with van der Waals surface area (Å²) >= 11 is 0. The zero-order chi connectivity index (χ0) is 16.8. The van der Waals surface area contributed by atoms with Crippen LogP contribution in [0.1, 0.15) is 23.2 Å². The first kappa shape index (κ1) is 16.2. The fourth-order valence-electron chi connectivity index (χ4n) is 3.65. The number of carbonyl (C=O) groups excluding carboxylic acids is 1. The van der Waals surface area contributed by atoms with Crippen LogP contribution in [0.5, 0.6) is 5.75 Å². The number of nitrogens with zero attached hydrogens (tertiary/aromatic N) is 1. The summed E-state index contributed by atoms with van der Waals surface area (Å²) in [5.41, 5.74) is 11.4. The van der Waals surface area contributed by atoms with Crippen molar-refractivity contribution in [3.63, 3.8) is 0 Å². The molecule has 23 heavy (non-hydrogen) atoms. The Hall–Kier alpha value is -1.64. The van der Waals surface area contributed by atoms with Crippen LogP contribution >= 0.6 is 0 Å². The van der Waals surface area contributed by atoms with Gasteiger partial charge in [0.25, 0.3) is 5.91 Å². The average Bonchev–Trinajstić information content (AvgIpc) is 3.09. The Balaban J connectivity index is 1.92. The van der Waals surface area contributed by atoms with E-state index in [0.29, 0.717) is 19.0 Å². The van der Waals surface area contributed by atoms with Crippen LogP contribution in [0.3, 0.4) is 0 Å². The molecular formula is C15H21N3O4S. The summed E-state index contributed by atoms with van der Waals surface area (Å²) in [6.45, 7) is 0.921. The van der Waals surface area contributed by atoms with Gasteiger partial charge in [-0.1, -0.05) is 0 Å². The minimum Gasteiger partial charge on any atom is -0.496 e. The lowest BCUT2D eigenvalue weighted by molar-refractivity contribution is 0.0997. The van der Waals surface area contributed by atoms with Crippen molar-refractivity contribution in [3.05, 3.63) is 23.8 Å². The van der Waals surface area contributed by atoms with Crippen LogP contribution in [0.2, 0.25) is 0 Å². The summed E-state index contributed by atoms with van der Waals surface area (Å²) in [5, 5.41) is 0. The highest BCUT2D eigenvalue weighted by molar-refractivity contribution is 7.89. The molecule has 1 aliphatic heterocycles. The predicted molar refractivity (Wildman–Crippen MR) is 84.5 cm³/mol. The number of primary amides is 1. The van der Waals surface area contributed by atoms with Gasteiger partial charge in [-0.2, -0.15) is 4.31 Å². The van der Waals surface area contributed by atoms with Gasteiger partial charge < -0.3 is 16.2 Å². The molecule has 4 N–H and O–H groups in total. The Morgan fingerprint density at radius 1 is 1.30 bits per heavy atom. The Morgan fingerprint density at radius 2 is 2.04 bits per heavy atom. The number of hydrogen-bond donors (Lipinski definition) is 2. The van der Waals surface area contributed by atoms with E-state index in [1.165, 1.54) is 29.6 Å². The van der Waals surface area contributed by atoms with Gasteiger partial charge in [0.2, 0.25) is 10.0 Å². The van der Waals surface area contributed by atoms with E-state index in [-0.39, 0.29) is 28.2 Å². The number of sulfonamides is 1. The molecule has 0 bridgehead atoms. The van der Waals surface area contributed by atoms with Crippen LogP contribution < -0.4 is 16.2 Å². The third kappa shape index (κ3) is 2.71. The molecule has 0 radical (unpaired) electrons. The normalized spacial score (nSPS) is 27.8. The molecule has 1 saturated heterocycles. The molecule has 2 fully saturated rings. The van der Waals surface area contributed by atoms with Crippen molar-refractivity contribution in [3.8, 4) is 5.75 Å². The van der Waals surface area contributed by atoms with Gasteiger partial charge in [0.1, 0.15) is 5.75 Å². The molecule has 1 aromatic rings. The second kappa shape index (κ2) is 5.77. The van der Waals surface area contributed by atoms with Gasteiger partial charge in [0.15, 0.2) is 0 Å². The second-order valence-electron chi connectivity index (χ2n) is 6.21. The van der Waals surface area contributed by atoms with Crippen molar-refractivity contribution in [1.82, 2.24) is 4.31 Å². The van der Waals surface area contributed by atoms with E-state index in [9.17, 15) is 13.2 Å². The van der Waals surface area contributed by atoms with Gasteiger partial charge in [-0.15, -0.1) is 0 Å². The van der Waals surface area contributed by atoms with E-state index >= 15 is 0 Å². The Bertz CT molecular complexity index is 734. The molecule has 7 nitrogen and oxygen atoms in total. The molecule has 2 aliphatic rings. The first-order valence-electron chi connectivity index (χ1n) is 7.58. The highest BCUT2D eigenvalue weighted by Crippen LogP contribution is 2.39. The fourth-order valence-corrected chi connectivity index (χ4v) is 5.21. The molecule has 1 heterocycles.